The smallest absolute Gasteiger partial charge is 0.230 e. The molecule has 0 saturated carbocycles. The summed E-state index contributed by atoms with van der Waals surface area (Å²) in [6, 6.07) is 18.5. The summed E-state index contributed by atoms with van der Waals surface area (Å²) in [6.07, 6.45) is 0. The van der Waals surface area contributed by atoms with E-state index in [1.807, 2.05) is 36.4 Å². The van der Waals surface area contributed by atoms with Gasteiger partial charge in [-0.1, -0.05) is 60.7 Å². The molecule has 20 heavy (non-hydrogen) atoms. The van der Waals surface area contributed by atoms with Crippen molar-refractivity contribution in [3.05, 3.63) is 71.8 Å². The summed E-state index contributed by atoms with van der Waals surface area (Å²) < 4.78 is 0. The van der Waals surface area contributed by atoms with Crippen molar-refractivity contribution >= 4 is 11.7 Å². The Morgan fingerprint density at radius 2 is 1.50 bits per heavy atom. The van der Waals surface area contributed by atoms with E-state index in [-0.39, 0.29) is 11.7 Å². The second-order valence-electron chi connectivity index (χ2n) is 4.66. The van der Waals surface area contributed by atoms with Gasteiger partial charge in [-0.15, -0.1) is 0 Å². The number of Topliss-reactive ketones (excluding diaryl/α,β-unsaturated/α-hetero) is 1. The Morgan fingerprint density at radius 1 is 0.950 bits per heavy atom. The largest absolute Gasteiger partial charge is 0.351 e. The molecule has 0 spiro atoms. The molecule has 0 heterocycles. The number of nitrogens with one attached hydrogen (secondary N) is 1. The zero-order valence-electron chi connectivity index (χ0n) is 11.4. The highest BCUT2D eigenvalue weighted by Crippen LogP contribution is 2.09. The third kappa shape index (κ3) is 3.54. The van der Waals surface area contributed by atoms with E-state index in [2.05, 4.69) is 5.32 Å². The maximum absolute atomic E-state index is 12.1. The van der Waals surface area contributed by atoms with Gasteiger partial charge >= 0.3 is 0 Å². The Bertz CT molecular complexity index is 578. The molecule has 1 amide bonds. The predicted molar refractivity (Wildman–Crippen MR) is 78.2 cm³/mol. The normalized spacial score (nSPS) is 11.7. The Hall–Kier alpha value is -2.42. The number of carbonyl (C=O) groups excluding carboxylic acids is 2. The molecule has 0 aliphatic heterocycles. The van der Waals surface area contributed by atoms with Crippen LogP contribution < -0.4 is 5.32 Å². The number of rotatable bonds is 5. The Morgan fingerprint density at radius 3 is 2.10 bits per heavy atom. The minimum absolute atomic E-state index is 0.156. The first-order valence-electron chi connectivity index (χ1n) is 6.59. The third-order valence-corrected chi connectivity index (χ3v) is 3.15. The van der Waals surface area contributed by atoms with Gasteiger partial charge in [-0.25, -0.2) is 0 Å². The van der Waals surface area contributed by atoms with Crippen LogP contribution in [0.3, 0.4) is 0 Å². The van der Waals surface area contributed by atoms with Gasteiger partial charge in [0.05, 0.1) is 5.92 Å². The second kappa shape index (κ2) is 6.66. The van der Waals surface area contributed by atoms with Crippen LogP contribution in [0.2, 0.25) is 0 Å². The highest BCUT2D eigenvalue weighted by molar-refractivity contribution is 6.09. The molecular formula is C17H17NO2. The summed E-state index contributed by atoms with van der Waals surface area (Å²) in [5.74, 6) is -1.08. The lowest BCUT2D eigenvalue weighted by Crippen LogP contribution is -2.33. The molecule has 102 valence electrons. The van der Waals surface area contributed by atoms with E-state index in [9.17, 15) is 9.59 Å². The fourth-order valence-electron chi connectivity index (χ4n) is 1.91. The predicted octanol–water partition coefficient (Wildman–Crippen LogP) is 2.82. The van der Waals surface area contributed by atoms with Crippen LogP contribution in [0, 0.1) is 5.92 Å². The molecule has 3 nitrogen and oxygen atoms in total. The van der Waals surface area contributed by atoms with Crippen LogP contribution in [-0.2, 0) is 11.3 Å². The highest BCUT2D eigenvalue weighted by Gasteiger charge is 2.22. The minimum Gasteiger partial charge on any atom is -0.351 e. The topological polar surface area (TPSA) is 46.2 Å². The van der Waals surface area contributed by atoms with E-state index in [0.717, 1.165) is 5.56 Å². The lowest BCUT2D eigenvalue weighted by atomic mass is 9.98. The minimum atomic E-state index is -0.680. The van der Waals surface area contributed by atoms with Crippen molar-refractivity contribution in [1.82, 2.24) is 5.32 Å². The standard InChI is InChI=1S/C17H17NO2/c1-13(16(19)15-10-6-3-7-11-15)17(20)18-12-14-8-4-2-5-9-14/h2-11,13H,12H2,1H3,(H,18,20)/t13-/m0/s1. The fourth-order valence-corrected chi connectivity index (χ4v) is 1.91. The molecule has 0 aliphatic rings. The molecule has 0 aliphatic carbocycles. The van der Waals surface area contributed by atoms with E-state index < -0.39 is 5.92 Å². The van der Waals surface area contributed by atoms with Gasteiger partial charge in [-0.2, -0.15) is 0 Å². The zero-order valence-corrected chi connectivity index (χ0v) is 11.4. The third-order valence-electron chi connectivity index (χ3n) is 3.15. The van der Waals surface area contributed by atoms with E-state index in [1.165, 1.54) is 0 Å². The van der Waals surface area contributed by atoms with Crippen LogP contribution in [0.1, 0.15) is 22.8 Å². The number of amides is 1. The summed E-state index contributed by atoms with van der Waals surface area (Å²) in [5.41, 5.74) is 1.58. The first-order valence-corrected chi connectivity index (χ1v) is 6.59. The fraction of sp³-hybridized carbons (Fsp3) is 0.176. The van der Waals surface area contributed by atoms with Gasteiger partial charge in [0.25, 0.3) is 0 Å². The van der Waals surface area contributed by atoms with Gasteiger partial charge in [0, 0.05) is 12.1 Å². The Balaban J connectivity index is 1.94. The second-order valence-corrected chi connectivity index (χ2v) is 4.66. The average molecular weight is 267 g/mol. The quantitative estimate of drug-likeness (QED) is 0.669. The van der Waals surface area contributed by atoms with E-state index >= 15 is 0 Å². The summed E-state index contributed by atoms with van der Waals surface area (Å²) in [6.45, 7) is 2.07. The maximum atomic E-state index is 12.1. The Labute approximate surface area is 118 Å². The number of hydrogen-bond donors (Lipinski definition) is 1. The number of carbonyl (C=O) groups is 2. The first-order chi connectivity index (χ1) is 9.68. The molecule has 1 N–H and O–H groups in total. The van der Waals surface area contributed by atoms with E-state index in [1.54, 1.807) is 31.2 Å². The Kier molecular flexibility index (Phi) is 4.66. The van der Waals surface area contributed by atoms with Crippen LogP contribution in [0.15, 0.2) is 60.7 Å². The van der Waals surface area contributed by atoms with Gasteiger partial charge in [0.2, 0.25) is 5.91 Å². The van der Waals surface area contributed by atoms with Crippen molar-refractivity contribution in [3.8, 4) is 0 Å². The summed E-state index contributed by atoms with van der Waals surface area (Å²) in [4.78, 5) is 24.1. The van der Waals surface area contributed by atoms with Crippen molar-refractivity contribution in [2.75, 3.05) is 0 Å². The summed E-state index contributed by atoms with van der Waals surface area (Å²) in [5, 5.41) is 2.79. The lowest BCUT2D eigenvalue weighted by molar-refractivity contribution is -0.123. The van der Waals surface area contributed by atoms with Crippen LogP contribution in [0.5, 0.6) is 0 Å². The molecule has 2 rings (SSSR count). The number of benzene rings is 2. The molecule has 0 radical (unpaired) electrons. The first kappa shape index (κ1) is 14.0. The molecule has 3 heteroatoms. The van der Waals surface area contributed by atoms with Crippen LogP contribution in [0.4, 0.5) is 0 Å². The molecule has 2 aromatic rings. The van der Waals surface area contributed by atoms with Gasteiger partial charge in [-0.05, 0) is 12.5 Å². The van der Waals surface area contributed by atoms with E-state index in [0.29, 0.717) is 12.1 Å². The summed E-state index contributed by atoms with van der Waals surface area (Å²) >= 11 is 0. The van der Waals surface area contributed by atoms with Crippen LogP contribution in [-0.4, -0.2) is 11.7 Å². The molecule has 0 fully saturated rings. The molecule has 0 aromatic heterocycles. The van der Waals surface area contributed by atoms with E-state index in [4.69, 9.17) is 0 Å². The van der Waals surface area contributed by atoms with Crippen molar-refractivity contribution in [1.29, 1.82) is 0 Å². The SMILES string of the molecule is C[C@H](C(=O)NCc1ccccc1)C(=O)c1ccccc1. The molecule has 1 atom stereocenters. The number of ketones is 1. The monoisotopic (exact) mass is 267 g/mol. The van der Waals surface area contributed by atoms with Gasteiger partial charge < -0.3 is 5.32 Å². The highest BCUT2D eigenvalue weighted by atomic mass is 16.2. The molecule has 0 bridgehead atoms. The lowest BCUT2D eigenvalue weighted by Gasteiger charge is -2.11. The zero-order chi connectivity index (χ0) is 14.4. The summed E-state index contributed by atoms with van der Waals surface area (Å²) in [7, 11) is 0. The number of hydrogen-bond acceptors (Lipinski definition) is 2. The van der Waals surface area contributed by atoms with Crippen molar-refractivity contribution in [3.63, 3.8) is 0 Å². The van der Waals surface area contributed by atoms with Gasteiger partial charge in [0.15, 0.2) is 5.78 Å². The van der Waals surface area contributed by atoms with Crippen LogP contribution in [0.25, 0.3) is 0 Å². The van der Waals surface area contributed by atoms with Crippen molar-refractivity contribution in [2.24, 2.45) is 5.92 Å². The molecule has 0 saturated heterocycles. The van der Waals surface area contributed by atoms with Gasteiger partial charge in [-0.3, -0.25) is 9.59 Å². The van der Waals surface area contributed by atoms with Crippen LogP contribution >= 0.6 is 0 Å². The van der Waals surface area contributed by atoms with Gasteiger partial charge in [0.1, 0.15) is 0 Å². The molecule has 0 unspecified atom stereocenters. The molecular weight excluding hydrogens is 250 g/mol. The average Bonchev–Trinajstić information content (AvgIpc) is 2.53. The van der Waals surface area contributed by atoms with Crippen molar-refractivity contribution in [2.45, 2.75) is 13.5 Å². The van der Waals surface area contributed by atoms with Crippen molar-refractivity contribution < 1.29 is 9.59 Å². The maximum Gasteiger partial charge on any atom is 0.230 e. The molecule has 2 aromatic carbocycles.